The molecule has 0 aliphatic heterocycles. The molecule has 12 heavy (non-hydrogen) atoms. The van der Waals surface area contributed by atoms with Crippen LogP contribution in [0.15, 0.2) is 35.7 Å². The smallest absolute Gasteiger partial charge is 0.159 e. The third kappa shape index (κ3) is 3.86. The molecule has 0 aromatic carbocycles. The number of Topliss-reactive ketones (excluding diaryl/α,β-unsaturated/α-hetero) is 1. The predicted molar refractivity (Wildman–Crippen MR) is 48.4 cm³/mol. The molecular weight excluding hydrogens is 155 g/mol. The minimum Gasteiger partial charge on any atom is -0.295 e. The molecule has 0 aromatic rings. The number of hydrogen-bond donors (Lipinski definition) is 0. The normalized spacial score (nSPS) is 14.0. The zero-order valence-corrected chi connectivity index (χ0v) is 7.60. The highest BCUT2D eigenvalue weighted by Gasteiger charge is 1.98. The fraction of sp³-hybridized carbons (Fsp3) is 0.300. The van der Waals surface area contributed by atoms with Crippen molar-refractivity contribution in [3.63, 3.8) is 0 Å². The van der Waals surface area contributed by atoms with Gasteiger partial charge in [0, 0.05) is 5.57 Å². The molecule has 0 saturated heterocycles. The van der Waals surface area contributed by atoms with E-state index in [9.17, 15) is 9.18 Å². The molecule has 1 nitrogen and oxygen atoms in total. The van der Waals surface area contributed by atoms with Gasteiger partial charge < -0.3 is 0 Å². The van der Waals surface area contributed by atoms with Crippen molar-refractivity contribution in [3.8, 4) is 0 Å². The van der Waals surface area contributed by atoms with Gasteiger partial charge in [0.15, 0.2) is 5.78 Å². The summed E-state index contributed by atoms with van der Waals surface area (Å²) in [5, 5.41) is 0. The summed E-state index contributed by atoms with van der Waals surface area (Å²) in [5.41, 5.74) is 0.394. The highest BCUT2D eigenvalue weighted by molar-refractivity contribution is 5.96. The molecule has 0 bridgehead atoms. The fourth-order valence-electron chi connectivity index (χ4n) is 0.744. The average molecular weight is 168 g/mol. The lowest BCUT2D eigenvalue weighted by atomic mass is 10.1. The first-order valence-corrected chi connectivity index (χ1v) is 3.79. The zero-order valence-electron chi connectivity index (χ0n) is 7.60. The second-order valence-electron chi connectivity index (χ2n) is 2.33. The largest absolute Gasteiger partial charge is 0.295 e. The van der Waals surface area contributed by atoms with E-state index >= 15 is 0 Å². The number of halogens is 1. The van der Waals surface area contributed by atoms with Crippen LogP contribution in [0, 0.1) is 0 Å². The SMILES string of the molecule is C\C=C/C(F)=C\C(=C/C)C(C)=O. The van der Waals surface area contributed by atoms with Crippen molar-refractivity contribution in [1.82, 2.24) is 0 Å². The van der Waals surface area contributed by atoms with Crippen molar-refractivity contribution < 1.29 is 9.18 Å². The van der Waals surface area contributed by atoms with Crippen molar-refractivity contribution in [2.75, 3.05) is 0 Å². The summed E-state index contributed by atoms with van der Waals surface area (Å²) in [4.78, 5) is 10.8. The molecular formula is C10H13FO. The molecule has 2 heteroatoms. The summed E-state index contributed by atoms with van der Waals surface area (Å²) in [7, 11) is 0. The summed E-state index contributed by atoms with van der Waals surface area (Å²) >= 11 is 0. The Balaban J connectivity index is 4.60. The van der Waals surface area contributed by atoms with Crippen molar-refractivity contribution in [2.45, 2.75) is 20.8 Å². The van der Waals surface area contributed by atoms with E-state index in [0.29, 0.717) is 5.57 Å². The molecule has 0 heterocycles. The monoisotopic (exact) mass is 168 g/mol. The van der Waals surface area contributed by atoms with E-state index in [1.165, 1.54) is 19.1 Å². The molecule has 0 radical (unpaired) electrons. The topological polar surface area (TPSA) is 17.1 Å². The predicted octanol–water partition coefficient (Wildman–Crippen LogP) is 2.95. The van der Waals surface area contributed by atoms with E-state index in [0.717, 1.165) is 0 Å². The standard InChI is InChI=1S/C10H13FO/c1-4-6-10(11)7-9(5-2)8(3)12/h4-7H,1-3H3/b6-4-,9-5+,10-7+. The highest BCUT2D eigenvalue weighted by Crippen LogP contribution is 2.06. The van der Waals surface area contributed by atoms with Gasteiger partial charge >= 0.3 is 0 Å². The first-order valence-electron chi connectivity index (χ1n) is 3.79. The number of allylic oxidation sites excluding steroid dienone is 6. The van der Waals surface area contributed by atoms with Crippen LogP contribution in [0.25, 0.3) is 0 Å². The first kappa shape index (κ1) is 10.8. The third-order valence-electron chi connectivity index (χ3n) is 1.34. The Morgan fingerprint density at radius 1 is 1.33 bits per heavy atom. The van der Waals surface area contributed by atoms with Gasteiger partial charge in [-0.2, -0.15) is 0 Å². The molecule has 0 fully saturated rings. The van der Waals surface area contributed by atoms with Crippen molar-refractivity contribution in [3.05, 3.63) is 35.7 Å². The molecule has 0 atom stereocenters. The Morgan fingerprint density at radius 3 is 2.25 bits per heavy atom. The summed E-state index contributed by atoms with van der Waals surface area (Å²) < 4.78 is 12.8. The second kappa shape index (κ2) is 5.47. The van der Waals surface area contributed by atoms with Gasteiger partial charge in [-0.25, -0.2) is 4.39 Å². The van der Waals surface area contributed by atoms with Gasteiger partial charge in [-0.05, 0) is 32.9 Å². The fourth-order valence-corrected chi connectivity index (χ4v) is 0.744. The quantitative estimate of drug-likeness (QED) is 0.467. The van der Waals surface area contributed by atoms with Crippen LogP contribution < -0.4 is 0 Å². The Hall–Kier alpha value is -1.18. The number of carbonyl (C=O) groups excluding carboxylic acids is 1. The van der Waals surface area contributed by atoms with E-state index in [4.69, 9.17) is 0 Å². The maximum absolute atomic E-state index is 12.8. The Labute approximate surface area is 72.3 Å². The molecule has 66 valence electrons. The maximum Gasteiger partial charge on any atom is 0.159 e. The van der Waals surface area contributed by atoms with Crippen LogP contribution in [-0.4, -0.2) is 5.78 Å². The van der Waals surface area contributed by atoms with E-state index < -0.39 is 5.83 Å². The maximum atomic E-state index is 12.8. The van der Waals surface area contributed by atoms with Crippen molar-refractivity contribution in [1.29, 1.82) is 0 Å². The molecule has 0 rings (SSSR count). The van der Waals surface area contributed by atoms with Crippen LogP contribution in [0.5, 0.6) is 0 Å². The van der Waals surface area contributed by atoms with Crippen LogP contribution in [0.4, 0.5) is 4.39 Å². The van der Waals surface area contributed by atoms with Gasteiger partial charge in [0.2, 0.25) is 0 Å². The average Bonchev–Trinajstić information content (AvgIpc) is 2.00. The minimum atomic E-state index is -0.402. The summed E-state index contributed by atoms with van der Waals surface area (Å²) in [5.74, 6) is -0.530. The zero-order chi connectivity index (χ0) is 9.56. The number of ketones is 1. The van der Waals surface area contributed by atoms with E-state index in [1.54, 1.807) is 26.0 Å². The number of carbonyl (C=O) groups is 1. The Morgan fingerprint density at radius 2 is 1.92 bits per heavy atom. The number of rotatable bonds is 3. The van der Waals surface area contributed by atoms with Crippen LogP contribution >= 0.6 is 0 Å². The van der Waals surface area contributed by atoms with Gasteiger partial charge in [0.25, 0.3) is 0 Å². The van der Waals surface area contributed by atoms with Crippen molar-refractivity contribution >= 4 is 5.78 Å². The van der Waals surface area contributed by atoms with Crippen molar-refractivity contribution in [2.24, 2.45) is 0 Å². The van der Waals surface area contributed by atoms with Crippen LogP contribution in [0.3, 0.4) is 0 Å². The molecule has 0 aliphatic rings. The molecule has 0 spiro atoms. The summed E-state index contributed by atoms with van der Waals surface area (Å²) in [6.07, 6.45) is 5.71. The third-order valence-corrected chi connectivity index (χ3v) is 1.34. The minimum absolute atomic E-state index is 0.128. The summed E-state index contributed by atoms with van der Waals surface area (Å²) in [6.45, 7) is 4.83. The lowest BCUT2D eigenvalue weighted by Crippen LogP contribution is -1.92. The van der Waals surface area contributed by atoms with E-state index in [2.05, 4.69) is 0 Å². The van der Waals surface area contributed by atoms with Gasteiger partial charge in [0.05, 0.1) is 0 Å². The lowest BCUT2D eigenvalue weighted by molar-refractivity contribution is -0.113. The van der Waals surface area contributed by atoms with Crippen LogP contribution in [-0.2, 0) is 4.79 Å². The molecule has 0 amide bonds. The Bertz CT molecular complexity index is 247. The van der Waals surface area contributed by atoms with Gasteiger partial charge in [-0.15, -0.1) is 0 Å². The molecule has 0 aromatic heterocycles. The first-order chi connectivity index (χ1) is 5.61. The molecule has 0 saturated carbocycles. The second-order valence-corrected chi connectivity index (χ2v) is 2.33. The van der Waals surface area contributed by atoms with Crippen LogP contribution in [0.1, 0.15) is 20.8 Å². The summed E-state index contributed by atoms with van der Waals surface area (Å²) in [6, 6.07) is 0. The van der Waals surface area contributed by atoms with Crippen LogP contribution in [0.2, 0.25) is 0 Å². The number of hydrogen-bond acceptors (Lipinski definition) is 1. The van der Waals surface area contributed by atoms with Gasteiger partial charge in [-0.1, -0.05) is 12.2 Å². The Kier molecular flexibility index (Phi) is 4.93. The molecule has 0 aliphatic carbocycles. The highest BCUT2D eigenvalue weighted by atomic mass is 19.1. The van der Waals surface area contributed by atoms with Gasteiger partial charge in [-0.3, -0.25) is 4.79 Å². The molecule has 0 unspecified atom stereocenters. The van der Waals surface area contributed by atoms with Gasteiger partial charge in [0.1, 0.15) is 5.83 Å². The van der Waals surface area contributed by atoms with E-state index in [-0.39, 0.29) is 5.78 Å². The molecule has 0 N–H and O–H groups in total. The van der Waals surface area contributed by atoms with E-state index in [1.807, 2.05) is 0 Å². The lowest BCUT2D eigenvalue weighted by Gasteiger charge is -1.93.